The third-order valence-corrected chi connectivity index (χ3v) is 4.68. The number of carbonyl (C=O) groups excluding carboxylic acids is 1. The van der Waals surface area contributed by atoms with Gasteiger partial charge >= 0.3 is 0 Å². The van der Waals surface area contributed by atoms with Crippen LogP contribution in [0.25, 0.3) is 11.0 Å². The largest absolute Gasteiger partial charge is 0.460 e. The molecule has 126 valence electrons. The van der Waals surface area contributed by atoms with Crippen LogP contribution in [0.5, 0.6) is 0 Å². The summed E-state index contributed by atoms with van der Waals surface area (Å²) in [5.41, 5.74) is 6.91. The zero-order valence-corrected chi connectivity index (χ0v) is 14.5. The number of rotatable bonds is 3. The molecule has 5 heteroatoms. The fourth-order valence-electron chi connectivity index (χ4n) is 3.36. The highest BCUT2D eigenvalue weighted by Gasteiger charge is 2.33. The topological polar surface area (TPSA) is 59.5 Å². The minimum Gasteiger partial charge on any atom is -0.460 e. The maximum absolute atomic E-state index is 12.9. The zero-order chi connectivity index (χ0) is 15.7. The van der Waals surface area contributed by atoms with Crippen molar-refractivity contribution in [2.45, 2.75) is 51.1 Å². The lowest BCUT2D eigenvalue weighted by Gasteiger charge is -2.39. The summed E-state index contributed by atoms with van der Waals surface area (Å²) in [6, 6.07) is 9.99. The van der Waals surface area contributed by atoms with Crippen molar-refractivity contribution in [2.75, 3.05) is 6.54 Å². The van der Waals surface area contributed by atoms with E-state index >= 15 is 0 Å². The van der Waals surface area contributed by atoms with E-state index in [0.29, 0.717) is 0 Å². The molecule has 1 aliphatic heterocycles. The number of nitrogens with two attached hydrogens (primary N) is 1. The zero-order valence-electron chi connectivity index (χ0n) is 13.7. The van der Waals surface area contributed by atoms with E-state index in [1.807, 2.05) is 49.1 Å². The molecule has 3 unspecified atom stereocenters. The van der Waals surface area contributed by atoms with Crippen LogP contribution in [-0.4, -0.2) is 29.4 Å². The number of amides is 1. The molecular weight excluding hydrogens is 312 g/mol. The number of piperidine rings is 1. The average Bonchev–Trinajstić information content (AvgIpc) is 2.97. The van der Waals surface area contributed by atoms with E-state index < -0.39 is 0 Å². The lowest BCUT2D eigenvalue weighted by atomic mass is 9.94. The van der Waals surface area contributed by atoms with Crippen LogP contribution in [0.15, 0.2) is 34.7 Å². The van der Waals surface area contributed by atoms with E-state index in [1.54, 1.807) is 0 Å². The molecular formula is C18H25ClN2O2. The van der Waals surface area contributed by atoms with E-state index in [-0.39, 0.29) is 36.3 Å². The van der Waals surface area contributed by atoms with Crippen molar-refractivity contribution in [3.05, 3.63) is 36.1 Å². The molecule has 0 aliphatic carbocycles. The molecule has 4 nitrogen and oxygen atoms in total. The number of hydrogen-bond donors (Lipinski definition) is 1. The predicted octanol–water partition coefficient (Wildman–Crippen LogP) is 3.69. The number of halogens is 1. The second-order valence-electron chi connectivity index (χ2n) is 6.36. The number of furan rings is 1. The molecule has 3 atom stereocenters. The molecule has 2 aromatic rings. The third-order valence-electron chi connectivity index (χ3n) is 4.68. The molecule has 1 aliphatic rings. The first kappa shape index (κ1) is 17.8. The van der Waals surface area contributed by atoms with Crippen molar-refractivity contribution in [3.8, 4) is 0 Å². The van der Waals surface area contributed by atoms with Crippen LogP contribution in [-0.2, 0) is 4.79 Å². The van der Waals surface area contributed by atoms with Gasteiger partial charge in [-0.05, 0) is 45.2 Å². The Bertz CT molecular complexity index is 635. The van der Waals surface area contributed by atoms with Gasteiger partial charge in [0.25, 0.3) is 0 Å². The van der Waals surface area contributed by atoms with Crippen LogP contribution in [0.2, 0.25) is 0 Å². The molecule has 1 amide bonds. The lowest BCUT2D eigenvalue weighted by Crippen LogP contribution is -2.52. The van der Waals surface area contributed by atoms with Crippen LogP contribution in [0, 0.1) is 0 Å². The number of hydrogen-bond acceptors (Lipinski definition) is 3. The van der Waals surface area contributed by atoms with Gasteiger partial charge in [0.15, 0.2) is 0 Å². The normalized spacial score (nSPS) is 20.8. The number of benzene rings is 1. The summed E-state index contributed by atoms with van der Waals surface area (Å²) in [4.78, 5) is 14.9. The Labute approximate surface area is 143 Å². The Morgan fingerprint density at radius 3 is 2.74 bits per heavy atom. The molecule has 23 heavy (non-hydrogen) atoms. The molecule has 2 N–H and O–H groups in total. The smallest absolute Gasteiger partial charge is 0.233 e. The van der Waals surface area contributed by atoms with Gasteiger partial charge in [0, 0.05) is 24.0 Å². The summed E-state index contributed by atoms with van der Waals surface area (Å²) in [5, 5.41) is 1.04. The summed E-state index contributed by atoms with van der Waals surface area (Å²) in [7, 11) is 0. The van der Waals surface area contributed by atoms with Gasteiger partial charge in [0.05, 0.1) is 5.92 Å². The predicted molar refractivity (Wildman–Crippen MR) is 94.9 cm³/mol. The van der Waals surface area contributed by atoms with Crippen molar-refractivity contribution in [2.24, 2.45) is 5.73 Å². The molecule has 1 saturated heterocycles. The molecule has 1 aromatic heterocycles. The van der Waals surface area contributed by atoms with Gasteiger partial charge in [0.1, 0.15) is 11.3 Å². The molecule has 0 spiro atoms. The Balaban J connectivity index is 0.00000192. The first-order chi connectivity index (χ1) is 10.6. The van der Waals surface area contributed by atoms with Crippen molar-refractivity contribution < 1.29 is 9.21 Å². The molecule has 1 fully saturated rings. The first-order valence-corrected chi connectivity index (χ1v) is 8.12. The second kappa shape index (κ2) is 7.37. The Kier molecular flexibility index (Phi) is 5.71. The molecule has 1 aromatic carbocycles. The average molecular weight is 337 g/mol. The second-order valence-corrected chi connectivity index (χ2v) is 6.36. The van der Waals surface area contributed by atoms with E-state index in [2.05, 4.69) is 0 Å². The standard InChI is InChI=1S/C18H24N2O2.ClH/c1-12(17-11-14-7-3-4-9-16(14)22-17)18(21)20-10-6-5-8-15(20)13(2)19;/h3-4,7,9,11-13,15H,5-6,8,10,19H2,1-2H3;1H. The van der Waals surface area contributed by atoms with Crippen molar-refractivity contribution in [1.29, 1.82) is 0 Å². The fraction of sp³-hybridized carbons (Fsp3) is 0.500. The van der Waals surface area contributed by atoms with Gasteiger partial charge in [-0.15, -0.1) is 12.4 Å². The summed E-state index contributed by atoms with van der Waals surface area (Å²) in [5.74, 6) is 0.591. The maximum atomic E-state index is 12.9. The number of fused-ring (bicyclic) bond motifs is 1. The molecule has 3 rings (SSSR count). The van der Waals surface area contributed by atoms with Crippen molar-refractivity contribution >= 4 is 29.3 Å². The number of likely N-dealkylation sites (tertiary alicyclic amines) is 1. The monoisotopic (exact) mass is 336 g/mol. The van der Waals surface area contributed by atoms with Crippen LogP contribution in [0.1, 0.15) is 44.8 Å². The quantitative estimate of drug-likeness (QED) is 0.930. The molecule has 2 heterocycles. The summed E-state index contributed by atoms with van der Waals surface area (Å²) >= 11 is 0. The van der Waals surface area contributed by atoms with Gasteiger partial charge < -0.3 is 15.1 Å². The van der Waals surface area contributed by atoms with Gasteiger partial charge in [-0.3, -0.25) is 4.79 Å². The number of nitrogens with zero attached hydrogens (tertiary/aromatic N) is 1. The highest BCUT2D eigenvalue weighted by Crippen LogP contribution is 2.29. The van der Waals surface area contributed by atoms with Gasteiger partial charge in [-0.2, -0.15) is 0 Å². The van der Waals surface area contributed by atoms with Crippen molar-refractivity contribution in [3.63, 3.8) is 0 Å². The molecule has 0 saturated carbocycles. The lowest BCUT2D eigenvalue weighted by molar-refractivity contribution is -0.136. The summed E-state index contributed by atoms with van der Waals surface area (Å²) in [6.45, 7) is 4.71. The maximum Gasteiger partial charge on any atom is 0.233 e. The van der Waals surface area contributed by atoms with Gasteiger partial charge in [0.2, 0.25) is 5.91 Å². The minimum absolute atomic E-state index is 0. The minimum atomic E-state index is -0.272. The third kappa shape index (κ3) is 3.54. The van der Waals surface area contributed by atoms with E-state index in [1.165, 1.54) is 0 Å². The highest BCUT2D eigenvalue weighted by atomic mass is 35.5. The summed E-state index contributed by atoms with van der Waals surface area (Å²) < 4.78 is 5.86. The van der Waals surface area contributed by atoms with E-state index in [9.17, 15) is 4.79 Å². The molecule has 0 bridgehead atoms. The van der Waals surface area contributed by atoms with Crippen LogP contribution in [0.4, 0.5) is 0 Å². The van der Waals surface area contributed by atoms with Gasteiger partial charge in [-0.25, -0.2) is 0 Å². The van der Waals surface area contributed by atoms with E-state index in [0.717, 1.165) is 42.5 Å². The van der Waals surface area contributed by atoms with E-state index in [4.69, 9.17) is 10.2 Å². The van der Waals surface area contributed by atoms with Crippen LogP contribution >= 0.6 is 12.4 Å². The van der Waals surface area contributed by atoms with Crippen LogP contribution in [0.3, 0.4) is 0 Å². The number of para-hydroxylation sites is 1. The summed E-state index contributed by atoms with van der Waals surface area (Å²) in [6.07, 6.45) is 3.20. The number of carbonyl (C=O) groups is 1. The Morgan fingerprint density at radius 2 is 2.04 bits per heavy atom. The van der Waals surface area contributed by atoms with Gasteiger partial charge in [-0.1, -0.05) is 18.2 Å². The molecule has 0 radical (unpaired) electrons. The highest BCUT2D eigenvalue weighted by molar-refractivity contribution is 5.86. The fourth-order valence-corrected chi connectivity index (χ4v) is 3.36. The Hall–Kier alpha value is -1.52. The SMILES string of the molecule is CC(C(=O)N1CCCCC1C(C)N)c1cc2ccccc2o1.Cl. The van der Waals surface area contributed by atoms with Crippen LogP contribution < -0.4 is 5.73 Å². The van der Waals surface area contributed by atoms with Crippen molar-refractivity contribution in [1.82, 2.24) is 4.90 Å². The first-order valence-electron chi connectivity index (χ1n) is 8.12. The Morgan fingerprint density at radius 1 is 1.30 bits per heavy atom.